The molecule has 15 heteroatoms. The van der Waals surface area contributed by atoms with Crippen LogP contribution in [0.2, 0.25) is 0 Å². The monoisotopic (exact) mass is 540 g/mol. The van der Waals surface area contributed by atoms with Crippen LogP contribution in [-0.4, -0.2) is 36.4 Å². The predicted octanol–water partition coefficient (Wildman–Crippen LogP) is 3.62. The summed E-state index contributed by atoms with van der Waals surface area (Å²) in [5.74, 6) is 0. The zero-order valence-corrected chi connectivity index (χ0v) is 22.9. The van der Waals surface area contributed by atoms with Crippen molar-refractivity contribution >= 4 is 67.2 Å². The summed E-state index contributed by atoms with van der Waals surface area (Å²) in [5, 5.41) is 8.09. The van der Waals surface area contributed by atoms with E-state index in [0.29, 0.717) is 23.5 Å². The summed E-state index contributed by atoms with van der Waals surface area (Å²) >= 11 is 0. The average Bonchev–Trinajstić information content (AvgIpc) is 3.52. The van der Waals surface area contributed by atoms with Crippen molar-refractivity contribution in [1.82, 2.24) is 19.6 Å². The van der Waals surface area contributed by atoms with E-state index in [1.54, 1.807) is 23.2 Å². The van der Waals surface area contributed by atoms with Crippen LogP contribution in [0.3, 0.4) is 0 Å². The van der Waals surface area contributed by atoms with Gasteiger partial charge in [-0.1, -0.05) is 0 Å². The van der Waals surface area contributed by atoms with E-state index >= 15 is 0 Å². The molecule has 2 fully saturated rings. The number of hydrogen-bond acceptors (Lipinski definition) is 6. The molecule has 166 valence electrons. The molecule has 3 unspecified atom stereocenters. The molecular weight excluding hydrogens is 516 g/mol. The molecule has 0 amide bonds. The summed E-state index contributed by atoms with van der Waals surface area (Å²) in [4.78, 5) is 0.252. The van der Waals surface area contributed by atoms with Crippen molar-refractivity contribution in [1.29, 1.82) is 0 Å². The van der Waals surface area contributed by atoms with Crippen LogP contribution in [0.25, 0.3) is 0 Å². The van der Waals surface area contributed by atoms with Gasteiger partial charge in [0.25, 0.3) is 18.1 Å². The normalized spacial score (nSPS) is 16.1. The van der Waals surface area contributed by atoms with Gasteiger partial charge in [0.2, 0.25) is 0 Å². The molecule has 0 bridgehead atoms. The quantitative estimate of drug-likeness (QED) is 0.433. The van der Waals surface area contributed by atoms with E-state index in [9.17, 15) is 16.8 Å². The van der Waals surface area contributed by atoms with Crippen LogP contribution in [0.15, 0.2) is 22.2 Å². The Bertz CT molecular complexity index is 1020. The predicted molar refractivity (Wildman–Crippen MR) is 127 cm³/mol. The van der Waals surface area contributed by atoms with Crippen LogP contribution < -0.4 is 0 Å². The van der Waals surface area contributed by atoms with Crippen molar-refractivity contribution in [2.24, 2.45) is 0 Å². The summed E-state index contributed by atoms with van der Waals surface area (Å²) < 4.78 is 47.5. The van der Waals surface area contributed by atoms with E-state index in [-0.39, 0.29) is 19.7 Å². The highest BCUT2D eigenvalue weighted by Gasteiger charge is 2.29. The van der Waals surface area contributed by atoms with E-state index in [1.807, 2.05) is 0 Å². The van der Waals surface area contributed by atoms with E-state index in [0.717, 1.165) is 25.7 Å². The summed E-state index contributed by atoms with van der Waals surface area (Å²) in [6, 6.07) is 0.762. The third-order valence-corrected chi connectivity index (χ3v) is 7.06. The van der Waals surface area contributed by atoms with E-state index in [4.69, 9.17) is 21.4 Å². The molecule has 3 atom stereocenters. The minimum atomic E-state index is -3.63. The Morgan fingerprint density at radius 2 is 1.45 bits per heavy atom. The molecule has 0 radical (unpaired) electrons. The average molecular weight is 541 g/mol. The van der Waals surface area contributed by atoms with E-state index in [2.05, 4.69) is 28.1 Å². The molecule has 4 rings (SSSR count). The highest BCUT2D eigenvalue weighted by atomic mass is 35.7. The molecule has 2 aromatic heterocycles. The van der Waals surface area contributed by atoms with Gasteiger partial charge in [-0.3, -0.25) is 9.36 Å². The number of aryl methyl sites for hydroxylation is 1. The molecule has 0 aromatic carbocycles. The maximum Gasteiger partial charge on any atom is 0.264 e. The van der Waals surface area contributed by atoms with Gasteiger partial charge in [0.15, 0.2) is 0 Å². The first kappa shape index (κ1) is 27.2. The zero-order valence-electron chi connectivity index (χ0n) is 16.0. The van der Waals surface area contributed by atoms with Crippen molar-refractivity contribution in [2.45, 2.75) is 61.4 Å². The number of aromatic nitrogens is 4. The molecule has 8 nitrogen and oxygen atoms in total. The van der Waals surface area contributed by atoms with Crippen LogP contribution in [0.5, 0.6) is 0 Å². The van der Waals surface area contributed by atoms with Crippen molar-refractivity contribution in [2.75, 3.05) is 0 Å². The number of rotatable bonds is 4. The molecular formula is C14H25Cl2N4O4P3S2. The fraction of sp³-hybridized carbons (Fsp3) is 0.571. The molecule has 0 spiro atoms. The van der Waals surface area contributed by atoms with Gasteiger partial charge in [0, 0.05) is 27.6 Å². The Kier molecular flexibility index (Phi) is 10.0. The summed E-state index contributed by atoms with van der Waals surface area (Å²) in [7, 11) is 7.85. The number of nitrogens with zero attached hydrogens (tertiary/aromatic N) is 4. The fourth-order valence-electron chi connectivity index (χ4n) is 2.56. The largest absolute Gasteiger partial charge is 0.268 e. The lowest BCUT2D eigenvalue weighted by Crippen LogP contribution is -2.00. The lowest BCUT2D eigenvalue weighted by atomic mass is 10.5. The first-order valence-corrected chi connectivity index (χ1v) is 15.6. The summed E-state index contributed by atoms with van der Waals surface area (Å²) in [6.07, 6.45) is 7.12. The molecule has 0 aliphatic heterocycles. The smallest absolute Gasteiger partial charge is 0.264 e. The highest BCUT2D eigenvalue weighted by Crippen LogP contribution is 2.37. The lowest BCUT2D eigenvalue weighted by Gasteiger charge is -2.00. The highest BCUT2D eigenvalue weighted by molar-refractivity contribution is 8.14. The van der Waals surface area contributed by atoms with Crippen molar-refractivity contribution in [3.05, 3.63) is 23.8 Å². The minimum Gasteiger partial charge on any atom is -0.268 e. The van der Waals surface area contributed by atoms with Crippen molar-refractivity contribution < 1.29 is 16.8 Å². The Labute approximate surface area is 188 Å². The fourth-order valence-corrected chi connectivity index (χ4v) is 4.72. The first-order valence-electron chi connectivity index (χ1n) is 8.31. The van der Waals surface area contributed by atoms with Gasteiger partial charge >= 0.3 is 0 Å². The molecule has 29 heavy (non-hydrogen) atoms. The Morgan fingerprint density at radius 1 is 0.966 bits per heavy atom. The molecule has 0 N–H and O–H groups in total. The Balaban J connectivity index is 0.000000259. The molecule has 2 aromatic rings. The first-order chi connectivity index (χ1) is 13.0. The second-order valence-corrected chi connectivity index (χ2v) is 11.5. The van der Waals surface area contributed by atoms with Crippen LogP contribution in [0, 0.1) is 13.8 Å². The van der Waals surface area contributed by atoms with E-state index in [1.165, 1.54) is 12.4 Å². The van der Waals surface area contributed by atoms with Crippen LogP contribution in [-0.2, 0) is 18.1 Å². The molecule has 0 saturated heterocycles. The van der Waals surface area contributed by atoms with Crippen molar-refractivity contribution in [3.63, 3.8) is 0 Å². The minimum absolute atomic E-state index is 0. The Hall–Kier alpha value is 0.190. The second-order valence-electron chi connectivity index (χ2n) is 6.44. The van der Waals surface area contributed by atoms with Gasteiger partial charge in [-0.15, -0.1) is 17.9 Å². The second kappa shape index (κ2) is 10.7. The maximum absolute atomic E-state index is 11.0. The van der Waals surface area contributed by atoms with Crippen LogP contribution in [0.4, 0.5) is 0 Å². The molecule has 2 aliphatic carbocycles. The van der Waals surface area contributed by atoms with Gasteiger partial charge < -0.3 is 0 Å². The summed E-state index contributed by atoms with van der Waals surface area (Å²) in [5.41, 5.74) is 1.11. The maximum atomic E-state index is 11.0. The SMILES string of the molecule is Cc1c(S(=O)(=O)Cl)cnn1C1CC1.Cc1nn(C2CC2)cc1S(=O)(=O)Cl.P.PP. The number of hydrogen-bond donors (Lipinski definition) is 0. The van der Waals surface area contributed by atoms with Gasteiger partial charge in [0.1, 0.15) is 9.79 Å². The van der Waals surface area contributed by atoms with Crippen LogP contribution in [0.1, 0.15) is 49.2 Å². The molecule has 2 aliphatic rings. The summed E-state index contributed by atoms with van der Waals surface area (Å²) in [6.45, 7) is 3.37. The van der Waals surface area contributed by atoms with Gasteiger partial charge in [-0.05, 0) is 39.5 Å². The topological polar surface area (TPSA) is 104 Å². The third kappa shape index (κ3) is 7.38. The lowest BCUT2D eigenvalue weighted by molar-refractivity contribution is 0.603. The Morgan fingerprint density at radius 3 is 1.79 bits per heavy atom. The van der Waals surface area contributed by atoms with Gasteiger partial charge in [-0.2, -0.15) is 20.1 Å². The van der Waals surface area contributed by atoms with Gasteiger partial charge in [0.05, 0.1) is 29.7 Å². The molecule has 2 heterocycles. The van der Waals surface area contributed by atoms with Crippen molar-refractivity contribution in [3.8, 4) is 0 Å². The molecule has 2 saturated carbocycles. The standard InChI is InChI=1S/2C7H9ClN2O2S.H4P2.H3P/c1-5-7(13(8,11)12)4-10(9-5)6-2-3-6;1-5-7(13(8,11)12)4-9-10(5)6-2-3-6;1-2;/h2*4,6H,2-3H2,1H3;1-2H2;1H3. The number of halogens is 2. The zero-order chi connectivity index (χ0) is 21.3. The van der Waals surface area contributed by atoms with Crippen LogP contribution >= 0.6 is 49.1 Å². The third-order valence-electron chi connectivity index (χ3n) is 4.21. The van der Waals surface area contributed by atoms with E-state index < -0.39 is 18.1 Å². The van der Waals surface area contributed by atoms with Gasteiger partial charge in [-0.25, -0.2) is 16.8 Å².